The molecule has 0 N–H and O–H groups in total. The van der Waals surface area contributed by atoms with Gasteiger partial charge in [0.1, 0.15) is 5.69 Å². The number of nitrogens with zero attached hydrogens (tertiary/aromatic N) is 1. The highest BCUT2D eigenvalue weighted by Gasteiger charge is 2.20. The summed E-state index contributed by atoms with van der Waals surface area (Å²) in [4.78, 5) is 15.1. The summed E-state index contributed by atoms with van der Waals surface area (Å²) in [7, 11) is 0. The fourth-order valence-corrected chi connectivity index (χ4v) is 1.50. The smallest absolute Gasteiger partial charge is 0.178 e. The Kier molecular flexibility index (Phi) is 1.88. The van der Waals surface area contributed by atoms with Gasteiger partial charge in [0.25, 0.3) is 0 Å². The van der Waals surface area contributed by atoms with E-state index < -0.39 is 0 Å². The molecule has 2 rings (SSSR count). The van der Waals surface area contributed by atoms with Crippen LogP contribution in [-0.4, -0.2) is 10.8 Å². The number of ketones is 1. The number of hydrogen-bond donors (Lipinski definition) is 0. The standard InChI is InChI=1S/C10H11NO2/c1-6(12)10-3-9-7(2)13-5-8(9)4-11-10/h3-4,7H,5H2,1-2H3/t7-/m0/s1. The number of hydrogen-bond acceptors (Lipinski definition) is 3. The molecule has 0 spiro atoms. The predicted molar refractivity (Wildman–Crippen MR) is 47.4 cm³/mol. The van der Waals surface area contributed by atoms with Crippen molar-refractivity contribution in [3.63, 3.8) is 0 Å². The van der Waals surface area contributed by atoms with E-state index in [1.165, 1.54) is 6.92 Å². The van der Waals surface area contributed by atoms with Crippen LogP contribution in [0.1, 0.15) is 41.6 Å². The van der Waals surface area contributed by atoms with Crippen LogP contribution >= 0.6 is 0 Å². The summed E-state index contributed by atoms with van der Waals surface area (Å²) in [5.41, 5.74) is 2.72. The van der Waals surface area contributed by atoms with Gasteiger partial charge in [-0.1, -0.05) is 0 Å². The van der Waals surface area contributed by atoms with Gasteiger partial charge in [0, 0.05) is 18.7 Å². The van der Waals surface area contributed by atoms with Gasteiger partial charge < -0.3 is 4.74 Å². The molecule has 0 radical (unpaired) electrons. The number of rotatable bonds is 1. The largest absolute Gasteiger partial charge is 0.369 e. The maximum absolute atomic E-state index is 11.0. The van der Waals surface area contributed by atoms with Crippen LogP contribution in [-0.2, 0) is 11.3 Å². The molecule has 0 fully saturated rings. The normalized spacial score (nSPS) is 20.0. The highest BCUT2D eigenvalue weighted by atomic mass is 16.5. The molecule has 0 aliphatic carbocycles. The summed E-state index contributed by atoms with van der Waals surface area (Å²) >= 11 is 0. The molecule has 68 valence electrons. The predicted octanol–water partition coefficient (Wildman–Crippen LogP) is 1.88. The molecular weight excluding hydrogens is 166 g/mol. The number of carbonyl (C=O) groups excluding carboxylic acids is 1. The van der Waals surface area contributed by atoms with Crippen LogP contribution < -0.4 is 0 Å². The zero-order chi connectivity index (χ0) is 9.42. The molecule has 1 aromatic heterocycles. The molecule has 1 atom stereocenters. The number of aromatic nitrogens is 1. The molecule has 1 aliphatic heterocycles. The first-order valence-corrected chi connectivity index (χ1v) is 4.30. The summed E-state index contributed by atoms with van der Waals surface area (Å²) in [6.45, 7) is 4.12. The van der Waals surface area contributed by atoms with Gasteiger partial charge in [-0.15, -0.1) is 0 Å². The van der Waals surface area contributed by atoms with Crippen molar-refractivity contribution in [3.05, 3.63) is 29.1 Å². The van der Waals surface area contributed by atoms with Crippen LogP contribution in [0, 0.1) is 0 Å². The van der Waals surface area contributed by atoms with Crippen molar-refractivity contribution in [2.45, 2.75) is 26.6 Å². The minimum Gasteiger partial charge on any atom is -0.369 e. The van der Waals surface area contributed by atoms with E-state index in [0.717, 1.165) is 11.1 Å². The summed E-state index contributed by atoms with van der Waals surface area (Å²) in [5.74, 6) is 0.00176. The Hall–Kier alpha value is -1.22. The van der Waals surface area contributed by atoms with Gasteiger partial charge in [0.2, 0.25) is 0 Å². The fourth-order valence-electron chi connectivity index (χ4n) is 1.50. The molecule has 2 heterocycles. The van der Waals surface area contributed by atoms with Crippen molar-refractivity contribution in [3.8, 4) is 0 Å². The average molecular weight is 177 g/mol. The number of fused-ring (bicyclic) bond motifs is 1. The Morgan fingerprint density at radius 1 is 1.69 bits per heavy atom. The quantitative estimate of drug-likeness (QED) is 0.615. The summed E-state index contributed by atoms with van der Waals surface area (Å²) < 4.78 is 5.41. The maximum Gasteiger partial charge on any atom is 0.178 e. The lowest BCUT2D eigenvalue weighted by Gasteiger charge is -2.03. The first kappa shape index (κ1) is 8.38. The minimum atomic E-state index is 0.00176. The second kappa shape index (κ2) is 2.92. The van der Waals surface area contributed by atoms with Gasteiger partial charge in [-0.2, -0.15) is 0 Å². The lowest BCUT2D eigenvalue weighted by atomic mass is 10.1. The van der Waals surface area contributed by atoms with Gasteiger partial charge >= 0.3 is 0 Å². The third kappa shape index (κ3) is 1.35. The Bertz CT molecular complexity index is 360. The zero-order valence-corrected chi connectivity index (χ0v) is 7.70. The van der Waals surface area contributed by atoms with Crippen LogP contribution in [0.15, 0.2) is 12.3 Å². The first-order valence-electron chi connectivity index (χ1n) is 4.30. The van der Waals surface area contributed by atoms with E-state index in [9.17, 15) is 4.79 Å². The summed E-state index contributed by atoms with van der Waals surface area (Å²) in [6, 6.07) is 1.83. The average Bonchev–Trinajstić information content (AvgIpc) is 2.47. The van der Waals surface area contributed by atoms with E-state index in [1.54, 1.807) is 6.20 Å². The molecule has 3 nitrogen and oxygen atoms in total. The second-order valence-corrected chi connectivity index (χ2v) is 3.28. The van der Waals surface area contributed by atoms with E-state index >= 15 is 0 Å². The van der Waals surface area contributed by atoms with Crippen LogP contribution in [0.25, 0.3) is 0 Å². The van der Waals surface area contributed by atoms with Crippen molar-refractivity contribution in [1.29, 1.82) is 0 Å². The molecule has 0 bridgehead atoms. The van der Waals surface area contributed by atoms with Gasteiger partial charge in [0.05, 0.1) is 12.7 Å². The third-order valence-electron chi connectivity index (χ3n) is 2.31. The van der Waals surface area contributed by atoms with Crippen molar-refractivity contribution in [2.75, 3.05) is 0 Å². The van der Waals surface area contributed by atoms with E-state index in [0.29, 0.717) is 12.3 Å². The summed E-state index contributed by atoms with van der Waals surface area (Å²) in [6.07, 6.45) is 1.83. The molecule has 3 heteroatoms. The minimum absolute atomic E-state index is 0.00176. The lowest BCUT2D eigenvalue weighted by Crippen LogP contribution is -1.99. The Balaban J connectivity index is 2.47. The Morgan fingerprint density at radius 3 is 3.15 bits per heavy atom. The summed E-state index contributed by atoms with van der Waals surface area (Å²) in [5, 5.41) is 0. The Labute approximate surface area is 76.7 Å². The molecule has 1 aromatic rings. The van der Waals surface area contributed by atoms with Crippen molar-refractivity contribution in [1.82, 2.24) is 4.98 Å². The number of pyridine rings is 1. The number of ether oxygens (including phenoxy) is 1. The topological polar surface area (TPSA) is 39.2 Å². The third-order valence-corrected chi connectivity index (χ3v) is 2.31. The second-order valence-electron chi connectivity index (χ2n) is 3.28. The monoisotopic (exact) mass is 177 g/mol. The highest BCUT2D eigenvalue weighted by molar-refractivity contribution is 5.92. The lowest BCUT2D eigenvalue weighted by molar-refractivity contribution is 0.0796. The molecule has 0 saturated heterocycles. The maximum atomic E-state index is 11.0. The highest BCUT2D eigenvalue weighted by Crippen LogP contribution is 2.29. The number of Topliss-reactive ketones (excluding diaryl/α,β-unsaturated/α-hetero) is 1. The molecular formula is C10H11NO2. The van der Waals surface area contributed by atoms with Gasteiger partial charge in [0.15, 0.2) is 5.78 Å². The van der Waals surface area contributed by atoms with Crippen LogP contribution in [0.5, 0.6) is 0 Å². The zero-order valence-electron chi connectivity index (χ0n) is 7.70. The first-order chi connectivity index (χ1) is 6.18. The fraction of sp³-hybridized carbons (Fsp3) is 0.400. The van der Waals surface area contributed by atoms with Crippen molar-refractivity contribution in [2.24, 2.45) is 0 Å². The van der Waals surface area contributed by atoms with Crippen LogP contribution in [0.2, 0.25) is 0 Å². The van der Waals surface area contributed by atoms with E-state index in [1.807, 2.05) is 13.0 Å². The van der Waals surface area contributed by atoms with Gasteiger partial charge in [-0.05, 0) is 18.6 Å². The van der Waals surface area contributed by atoms with Gasteiger partial charge in [-0.25, -0.2) is 0 Å². The van der Waals surface area contributed by atoms with E-state index in [4.69, 9.17) is 4.74 Å². The van der Waals surface area contributed by atoms with E-state index in [-0.39, 0.29) is 11.9 Å². The van der Waals surface area contributed by atoms with Crippen molar-refractivity contribution < 1.29 is 9.53 Å². The SMILES string of the molecule is CC(=O)c1cc2c(cn1)CO[C@H]2C. The molecule has 0 saturated carbocycles. The van der Waals surface area contributed by atoms with E-state index in [2.05, 4.69) is 4.98 Å². The van der Waals surface area contributed by atoms with Crippen LogP contribution in [0.4, 0.5) is 0 Å². The molecule has 0 amide bonds. The number of carbonyl (C=O) groups is 1. The van der Waals surface area contributed by atoms with Crippen LogP contribution in [0.3, 0.4) is 0 Å². The Morgan fingerprint density at radius 2 is 2.46 bits per heavy atom. The molecule has 0 unspecified atom stereocenters. The molecule has 1 aliphatic rings. The van der Waals surface area contributed by atoms with Gasteiger partial charge in [-0.3, -0.25) is 9.78 Å². The molecule has 0 aromatic carbocycles. The molecule has 13 heavy (non-hydrogen) atoms. The van der Waals surface area contributed by atoms with Crippen molar-refractivity contribution >= 4 is 5.78 Å².